The number of phenolic OH excluding ortho intramolecular Hbond substituents is 1. The Morgan fingerprint density at radius 1 is 0.392 bits per heavy atom. The average molecular weight is 1730 g/mol. The van der Waals surface area contributed by atoms with Gasteiger partial charge >= 0.3 is 5.97 Å². The van der Waals surface area contributed by atoms with Gasteiger partial charge in [-0.1, -0.05) is 168 Å². The zero-order valence-electron chi connectivity index (χ0n) is 66.0. The number of aldehydes is 3. The van der Waals surface area contributed by atoms with Crippen molar-refractivity contribution in [2.24, 2.45) is 5.73 Å². The minimum absolute atomic E-state index is 0.00994. The average Bonchev–Trinajstić information content (AvgIpc) is 0.831. The summed E-state index contributed by atoms with van der Waals surface area (Å²) in [6.07, 6.45) is 1.90. The lowest BCUT2D eigenvalue weighted by Gasteiger charge is -2.13. The normalized spacial score (nSPS) is 10.3. The molecular formula is C87H86BrN5O26S. The summed E-state index contributed by atoms with van der Waals surface area (Å²) >= 11 is 4.54. The Labute approximate surface area is 702 Å². The highest BCUT2D eigenvalue weighted by Crippen LogP contribution is 2.40. The Bertz CT molecular complexity index is 5030. The smallest absolute Gasteiger partial charge is 0.323 e. The molecule has 628 valence electrons. The molecule has 1 atom stereocenters. The third kappa shape index (κ3) is 30.2. The monoisotopic (exact) mass is 1730 g/mol. The molecular weight excluding hydrogens is 1640 g/mol. The number of rotatable bonds is 35. The van der Waals surface area contributed by atoms with E-state index < -0.39 is 38.3 Å². The van der Waals surface area contributed by atoms with Crippen LogP contribution < -0.4 is 57.8 Å². The highest BCUT2D eigenvalue weighted by Gasteiger charge is 2.25. The number of halogens is 1. The van der Waals surface area contributed by atoms with Crippen LogP contribution in [0.3, 0.4) is 0 Å². The molecule has 31 nitrogen and oxygen atoms in total. The zero-order valence-corrected chi connectivity index (χ0v) is 68.4. The van der Waals surface area contributed by atoms with E-state index in [1.54, 1.807) is 37.4 Å². The summed E-state index contributed by atoms with van der Waals surface area (Å²) in [4.78, 5) is 85.6. The highest BCUT2D eigenvalue weighted by molar-refractivity contribution is 9.08. The first-order valence-electron chi connectivity index (χ1n) is 35.8. The number of nitro benzene ring substituents is 4. The standard InChI is InChI=1S/C19H22N2O6S.C15H14BrNO4.C15H15NO5.C15H13NO5.C15H14O3.C8H8O3/c1-25-17-8-14(11-28-12-15(20)19(22)26-2)16(21(23)24)9-18(17)27-10-13-6-4-3-5-7-13;1-20-14-7-12(9-16)13(17(18)19)8-15(14)21-10-11-5-3-2-4-6-11;2*1-20-14-7-12(9-17)13(16(18)19)8-15(14)21-10-11-5-3-2-4-6-11;1-17-15-9-13(10-16)7-8-14(15)18-11-12-5-3-2-4-6-12;1-11-8-4-6(5-9)2-3-7(8)10/h3-9,15H,10-12,20H2,1-2H3;2-8H,9-10H2,1H3;2-8,17H,9-10H2,1H3;2-9H,10H2,1H3;2-10H,11H2,1H3;2-5,10H,1H3. The maximum atomic E-state index is 11.5. The molecule has 33 heteroatoms. The van der Waals surface area contributed by atoms with Crippen molar-refractivity contribution in [1.82, 2.24) is 0 Å². The number of nitrogens with two attached hydrogens (primary N) is 1. The van der Waals surface area contributed by atoms with Crippen molar-refractivity contribution >= 4 is 75.3 Å². The van der Waals surface area contributed by atoms with Crippen LogP contribution in [0.15, 0.2) is 237 Å². The molecule has 0 fully saturated rings. The quantitative estimate of drug-likeness (QED) is 0.0109. The number of hydrogen-bond donors (Lipinski definition) is 3. The molecule has 0 amide bonds. The van der Waals surface area contributed by atoms with E-state index in [0.29, 0.717) is 93.6 Å². The molecule has 0 radical (unpaired) electrons. The van der Waals surface area contributed by atoms with Crippen LogP contribution in [0.5, 0.6) is 69.0 Å². The third-order valence-corrected chi connectivity index (χ3v) is 18.3. The largest absolute Gasteiger partial charge is 0.504 e. The summed E-state index contributed by atoms with van der Waals surface area (Å²) in [5.74, 6) is 4.23. The second-order valence-corrected chi connectivity index (χ2v) is 26.1. The topological polar surface area (TPSA) is 418 Å². The molecule has 4 N–H and O–H groups in total. The summed E-state index contributed by atoms with van der Waals surface area (Å²) in [6.45, 7) is 1.13. The molecule has 0 saturated heterocycles. The van der Waals surface area contributed by atoms with Crippen LogP contribution in [-0.2, 0) is 60.3 Å². The number of thioether (sulfide) groups is 1. The van der Waals surface area contributed by atoms with Gasteiger partial charge in [0, 0.05) is 45.2 Å². The van der Waals surface area contributed by atoms with Crippen molar-refractivity contribution in [2.45, 2.75) is 56.8 Å². The molecule has 11 aromatic rings. The first-order valence-corrected chi connectivity index (χ1v) is 38.1. The van der Waals surface area contributed by atoms with Crippen molar-refractivity contribution in [3.05, 3.63) is 338 Å². The number of benzene rings is 11. The van der Waals surface area contributed by atoms with Crippen molar-refractivity contribution in [3.63, 3.8) is 0 Å². The van der Waals surface area contributed by atoms with Crippen LogP contribution in [0.1, 0.15) is 75.6 Å². The maximum Gasteiger partial charge on any atom is 0.323 e. The van der Waals surface area contributed by atoms with Gasteiger partial charge in [0.15, 0.2) is 75.3 Å². The van der Waals surface area contributed by atoms with Crippen molar-refractivity contribution in [3.8, 4) is 69.0 Å². The van der Waals surface area contributed by atoms with Crippen molar-refractivity contribution < 1.29 is 106 Å². The first kappa shape index (κ1) is 94.7. The minimum atomic E-state index is -0.788. The fraction of sp³-hybridized carbons (Fsp3) is 0.195. The number of carbonyl (C=O) groups excluding carboxylic acids is 4. The zero-order chi connectivity index (χ0) is 87.3. The predicted octanol–water partition coefficient (Wildman–Crippen LogP) is 17.0. The number of ether oxygens (including phenoxy) is 12. The number of nitro groups is 4. The van der Waals surface area contributed by atoms with Gasteiger partial charge in [0.2, 0.25) is 0 Å². The van der Waals surface area contributed by atoms with Gasteiger partial charge in [-0.3, -0.25) is 59.6 Å². The fourth-order valence-corrected chi connectivity index (χ4v) is 11.8. The second-order valence-electron chi connectivity index (χ2n) is 24.5. The van der Waals surface area contributed by atoms with Gasteiger partial charge in [-0.2, -0.15) is 11.8 Å². The van der Waals surface area contributed by atoms with Gasteiger partial charge in [0.25, 0.3) is 22.7 Å². The molecule has 0 bridgehead atoms. The number of carbonyl (C=O) groups is 4. The third-order valence-electron chi connectivity index (χ3n) is 16.5. The van der Waals surface area contributed by atoms with Crippen LogP contribution in [0.25, 0.3) is 0 Å². The van der Waals surface area contributed by atoms with E-state index in [2.05, 4.69) is 20.7 Å². The number of methoxy groups -OCH3 is 7. The number of aliphatic hydroxyl groups excluding tert-OH is 1. The van der Waals surface area contributed by atoms with Gasteiger partial charge in [0.05, 0.1) is 111 Å². The van der Waals surface area contributed by atoms with Gasteiger partial charge in [-0.15, -0.1) is 0 Å². The minimum Gasteiger partial charge on any atom is -0.504 e. The summed E-state index contributed by atoms with van der Waals surface area (Å²) < 4.78 is 63.6. The van der Waals surface area contributed by atoms with E-state index in [1.807, 2.05) is 152 Å². The molecule has 0 saturated carbocycles. The molecule has 120 heavy (non-hydrogen) atoms. The second kappa shape index (κ2) is 51.0. The molecule has 0 spiro atoms. The molecule has 0 aromatic heterocycles. The molecule has 0 aliphatic heterocycles. The number of aliphatic hydroxyl groups is 1. The van der Waals surface area contributed by atoms with E-state index in [0.717, 1.165) is 34.1 Å². The highest BCUT2D eigenvalue weighted by atomic mass is 79.9. The van der Waals surface area contributed by atoms with E-state index in [-0.39, 0.29) is 94.0 Å². The van der Waals surface area contributed by atoms with E-state index >= 15 is 0 Å². The van der Waals surface area contributed by atoms with Crippen LogP contribution in [0.4, 0.5) is 22.7 Å². The molecule has 11 aromatic carbocycles. The Balaban J connectivity index is 0.000000227. The Morgan fingerprint density at radius 3 is 1.03 bits per heavy atom. The molecule has 0 heterocycles. The van der Waals surface area contributed by atoms with Gasteiger partial charge < -0.3 is 72.8 Å². The lowest BCUT2D eigenvalue weighted by molar-refractivity contribution is -0.386. The van der Waals surface area contributed by atoms with Crippen LogP contribution in [-0.4, -0.2) is 116 Å². The fourth-order valence-electron chi connectivity index (χ4n) is 10.4. The van der Waals surface area contributed by atoms with Gasteiger partial charge in [0.1, 0.15) is 51.6 Å². The summed E-state index contributed by atoms with van der Waals surface area (Å²) in [6, 6.07) is 67.6. The summed E-state index contributed by atoms with van der Waals surface area (Å²) in [7, 11) is 10.1. The lowest BCUT2D eigenvalue weighted by Crippen LogP contribution is -2.33. The number of alkyl halides is 1. The summed E-state index contributed by atoms with van der Waals surface area (Å²) in [5.41, 5.74) is 12.2. The van der Waals surface area contributed by atoms with Crippen molar-refractivity contribution in [2.75, 3.05) is 55.5 Å². The molecule has 1 unspecified atom stereocenters. The lowest BCUT2D eigenvalue weighted by atomic mass is 10.1. The summed E-state index contributed by atoms with van der Waals surface area (Å²) in [5, 5.41) is 63.2. The van der Waals surface area contributed by atoms with Crippen LogP contribution in [0, 0.1) is 40.5 Å². The number of phenols is 1. The number of esters is 1. The molecule has 0 aliphatic carbocycles. The Kier molecular flexibility index (Phi) is 40.3. The first-order chi connectivity index (χ1) is 58.0. The van der Waals surface area contributed by atoms with Gasteiger partial charge in [-0.05, 0) is 82.4 Å². The van der Waals surface area contributed by atoms with Crippen LogP contribution >= 0.6 is 27.7 Å². The van der Waals surface area contributed by atoms with Crippen molar-refractivity contribution in [1.29, 1.82) is 0 Å². The predicted molar refractivity (Wildman–Crippen MR) is 451 cm³/mol. The maximum absolute atomic E-state index is 11.5. The number of aromatic hydroxyl groups is 1. The van der Waals surface area contributed by atoms with E-state index in [9.17, 15) is 64.7 Å². The van der Waals surface area contributed by atoms with E-state index in [1.165, 1.54) is 109 Å². The number of nitrogens with zero attached hydrogens (tertiary/aromatic N) is 4. The van der Waals surface area contributed by atoms with Gasteiger partial charge in [-0.25, -0.2) is 0 Å². The van der Waals surface area contributed by atoms with Crippen LogP contribution in [0.2, 0.25) is 0 Å². The van der Waals surface area contributed by atoms with E-state index in [4.69, 9.17) is 62.9 Å². The molecule has 0 aliphatic rings. The Morgan fingerprint density at radius 2 is 0.700 bits per heavy atom. The molecule has 11 rings (SSSR count). The number of hydrogen-bond acceptors (Lipinski definition) is 28. The Hall–Kier alpha value is -14.2. The SMILES string of the molecule is COC(=O)C(N)CSCc1cc(OC)c(OCc2ccccc2)cc1[N+](=O)[O-].COc1cc(C=O)c([N+](=O)[O-])cc1OCc1ccccc1.COc1cc(C=O)ccc1O.COc1cc(C=O)ccc1OCc1ccccc1.COc1cc(CBr)c([N+](=O)[O-])cc1OCc1ccccc1.COc1cc(CO)c([N+](=O)[O-])cc1OCc1ccccc1.